The maximum absolute atomic E-state index is 12.4. The molecule has 0 bridgehead atoms. The van der Waals surface area contributed by atoms with E-state index in [4.69, 9.17) is 4.74 Å². The lowest BCUT2D eigenvalue weighted by molar-refractivity contribution is 0.102. The lowest BCUT2D eigenvalue weighted by atomic mass is 10.2. The molecule has 0 aliphatic heterocycles. The molecule has 2 aromatic carbocycles. The SMILES string of the molecule is CCCCN(C)c1ncc(C(=O)Nc2ccc(Oc3ccccc3)cc2)cn1. The molecule has 0 atom stereocenters. The third-order valence-corrected chi connectivity index (χ3v) is 4.18. The minimum absolute atomic E-state index is 0.250. The van der Waals surface area contributed by atoms with Gasteiger partial charge in [0.2, 0.25) is 5.95 Å². The molecular formula is C22H24N4O2. The summed E-state index contributed by atoms with van der Waals surface area (Å²) in [6.07, 6.45) is 5.28. The van der Waals surface area contributed by atoms with E-state index in [1.807, 2.05) is 54.4 Å². The van der Waals surface area contributed by atoms with Crippen molar-refractivity contribution in [2.45, 2.75) is 19.8 Å². The van der Waals surface area contributed by atoms with Crippen LogP contribution in [0, 0.1) is 0 Å². The number of hydrogen-bond acceptors (Lipinski definition) is 5. The molecule has 0 saturated heterocycles. The van der Waals surface area contributed by atoms with Gasteiger partial charge < -0.3 is 15.0 Å². The maximum atomic E-state index is 12.4. The van der Waals surface area contributed by atoms with Crippen molar-refractivity contribution < 1.29 is 9.53 Å². The van der Waals surface area contributed by atoms with Crippen molar-refractivity contribution in [2.24, 2.45) is 0 Å². The van der Waals surface area contributed by atoms with Gasteiger partial charge in [0.1, 0.15) is 11.5 Å². The highest BCUT2D eigenvalue weighted by molar-refractivity contribution is 6.03. The van der Waals surface area contributed by atoms with Crippen LogP contribution in [0.25, 0.3) is 0 Å². The number of ether oxygens (including phenoxy) is 1. The van der Waals surface area contributed by atoms with Crippen molar-refractivity contribution in [2.75, 3.05) is 23.8 Å². The molecule has 1 N–H and O–H groups in total. The molecule has 6 nitrogen and oxygen atoms in total. The Labute approximate surface area is 165 Å². The number of benzene rings is 2. The number of anilines is 2. The van der Waals surface area contributed by atoms with Gasteiger partial charge in [-0.2, -0.15) is 0 Å². The van der Waals surface area contributed by atoms with Crippen molar-refractivity contribution in [1.29, 1.82) is 0 Å². The van der Waals surface area contributed by atoms with Crippen LogP contribution in [0.5, 0.6) is 11.5 Å². The number of hydrogen-bond donors (Lipinski definition) is 1. The van der Waals surface area contributed by atoms with Crippen LogP contribution in [-0.2, 0) is 0 Å². The molecule has 0 aliphatic rings. The molecule has 0 radical (unpaired) electrons. The third-order valence-electron chi connectivity index (χ3n) is 4.18. The molecule has 0 spiro atoms. The van der Waals surface area contributed by atoms with Crippen molar-refractivity contribution in [3.63, 3.8) is 0 Å². The summed E-state index contributed by atoms with van der Waals surface area (Å²) in [6, 6.07) is 16.8. The number of unbranched alkanes of at least 4 members (excludes halogenated alkanes) is 1. The summed E-state index contributed by atoms with van der Waals surface area (Å²) >= 11 is 0. The van der Waals surface area contributed by atoms with Crippen LogP contribution < -0.4 is 15.0 Å². The van der Waals surface area contributed by atoms with E-state index < -0.39 is 0 Å². The second kappa shape index (κ2) is 9.50. The van der Waals surface area contributed by atoms with E-state index in [9.17, 15) is 4.79 Å². The Bertz CT molecular complexity index is 881. The van der Waals surface area contributed by atoms with Gasteiger partial charge in [0.15, 0.2) is 0 Å². The van der Waals surface area contributed by atoms with Crippen LogP contribution in [0.2, 0.25) is 0 Å². The van der Waals surface area contributed by atoms with E-state index in [0.29, 0.717) is 22.9 Å². The summed E-state index contributed by atoms with van der Waals surface area (Å²) in [5, 5.41) is 2.84. The van der Waals surface area contributed by atoms with Gasteiger partial charge in [0.25, 0.3) is 5.91 Å². The second-order valence-electron chi connectivity index (χ2n) is 6.44. The first-order valence-corrected chi connectivity index (χ1v) is 9.33. The van der Waals surface area contributed by atoms with Gasteiger partial charge in [0, 0.05) is 31.7 Å². The Balaban J connectivity index is 1.58. The fraction of sp³-hybridized carbons (Fsp3) is 0.227. The highest BCUT2D eigenvalue weighted by atomic mass is 16.5. The largest absolute Gasteiger partial charge is 0.457 e. The standard InChI is InChI=1S/C22H24N4O2/c1-3-4-14-26(2)22-23-15-17(16-24-22)21(27)25-18-10-12-20(13-11-18)28-19-8-6-5-7-9-19/h5-13,15-16H,3-4,14H2,1-2H3,(H,25,27). The zero-order valence-corrected chi connectivity index (χ0v) is 16.1. The van der Waals surface area contributed by atoms with Gasteiger partial charge in [-0.3, -0.25) is 4.79 Å². The van der Waals surface area contributed by atoms with Crippen molar-refractivity contribution >= 4 is 17.5 Å². The van der Waals surface area contributed by atoms with E-state index >= 15 is 0 Å². The zero-order valence-electron chi connectivity index (χ0n) is 16.1. The van der Waals surface area contributed by atoms with Crippen LogP contribution in [-0.4, -0.2) is 29.5 Å². The van der Waals surface area contributed by atoms with E-state index in [2.05, 4.69) is 22.2 Å². The zero-order chi connectivity index (χ0) is 19.8. The molecule has 144 valence electrons. The first-order chi connectivity index (χ1) is 13.7. The van der Waals surface area contributed by atoms with Crippen LogP contribution >= 0.6 is 0 Å². The van der Waals surface area contributed by atoms with Crippen molar-refractivity contribution in [1.82, 2.24) is 9.97 Å². The Kier molecular flexibility index (Phi) is 6.57. The number of amides is 1. The second-order valence-corrected chi connectivity index (χ2v) is 6.44. The van der Waals surface area contributed by atoms with Crippen LogP contribution in [0.3, 0.4) is 0 Å². The summed E-state index contributed by atoms with van der Waals surface area (Å²) in [5.41, 5.74) is 1.09. The predicted octanol–water partition coefficient (Wildman–Crippen LogP) is 4.76. The van der Waals surface area contributed by atoms with Gasteiger partial charge in [-0.25, -0.2) is 9.97 Å². The van der Waals surface area contributed by atoms with Crippen molar-refractivity contribution in [3.8, 4) is 11.5 Å². The number of nitrogens with one attached hydrogen (secondary N) is 1. The van der Waals surface area contributed by atoms with Crippen LogP contribution in [0.4, 0.5) is 11.6 Å². The predicted molar refractivity (Wildman–Crippen MR) is 111 cm³/mol. The lowest BCUT2D eigenvalue weighted by Gasteiger charge is -2.16. The quantitative estimate of drug-likeness (QED) is 0.614. The normalized spacial score (nSPS) is 10.4. The molecule has 0 aliphatic carbocycles. The monoisotopic (exact) mass is 376 g/mol. The molecule has 1 amide bonds. The number of para-hydroxylation sites is 1. The van der Waals surface area contributed by atoms with E-state index in [1.165, 1.54) is 0 Å². The number of aromatic nitrogens is 2. The molecular weight excluding hydrogens is 352 g/mol. The lowest BCUT2D eigenvalue weighted by Crippen LogP contribution is -2.21. The highest BCUT2D eigenvalue weighted by Crippen LogP contribution is 2.22. The first-order valence-electron chi connectivity index (χ1n) is 9.33. The average molecular weight is 376 g/mol. The van der Waals surface area contributed by atoms with Gasteiger partial charge in [-0.15, -0.1) is 0 Å². The van der Waals surface area contributed by atoms with E-state index in [1.54, 1.807) is 24.5 Å². The van der Waals surface area contributed by atoms with Gasteiger partial charge >= 0.3 is 0 Å². The number of carbonyl (C=O) groups is 1. The highest BCUT2D eigenvalue weighted by Gasteiger charge is 2.10. The van der Waals surface area contributed by atoms with Gasteiger partial charge in [-0.05, 0) is 42.8 Å². The Morgan fingerprint density at radius 2 is 1.64 bits per heavy atom. The Morgan fingerprint density at radius 3 is 2.29 bits per heavy atom. The topological polar surface area (TPSA) is 67.4 Å². The summed E-state index contributed by atoms with van der Waals surface area (Å²) in [5.74, 6) is 1.83. The number of rotatable bonds is 8. The summed E-state index contributed by atoms with van der Waals surface area (Å²) in [6.45, 7) is 3.03. The molecule has 1 aromatic heterocycles. The molecule has 0 fully saturated rings. The summed E-state index contributed by atoms with van der Waals surface area (Å²) < 4.78 is 5.75. The third kappa shape index (κ3) is 5.30. The maximum Gasteiger partial charge on any atom is 0.258 e. The minimum Gasteiger partial charge on any atom is -0.457 e. The molecule has 3 rings (SSSR count). The molecule has 6 heteroatoms. The smallest absolute Gasteiger partial charge is 0.258 e. The van der Waals surface area contributed by atoms with E-state index in [-0.39, 0.29) is 5.91 Å². The molecule has 28 heavy (non-hydrogen) atoms. The fourth-order valence-corrected chi connectivity index (χ4v) is 2.57. The Hall–Kier alpha value is -3.41. The van der Waals surface area contributed by atoms with Gasteiger partial charge in [0.05, 0.1) is 5.56 Å². The van der Waals surface area contributed by atoms with Crippen LogP contribution in [0.1, 0.15) is 30.1 Å². The number of carbonyl (C=O) groups excluding carboxylic acids is 1. The fourth-order valence-electron chi connectivity index (χ4n) is 2.57. The van der Waals surface area contributed by atoms with Gasteiger partial charge in [-0.1, -0.05) is 31.5 Å². The molecule has 0 saturated carbocycles. The molecule has 0 unspecified atom stereocenters. The Morgan fingerprint density at radius 1 is 1.00 bits per heavy atom. The first kappa shape index (κ1) is 19.4. The minimum atomic E-state index is -0.250. The van der Waals surface area contributed by atoms with Crippen molar-refractivity contribution in [3.05, 3.63) is 72.6 Å². The van der Waals surface area contributed by atoms with Crippen LogP contribution in [0.15, 0.2) is 67.0 Å². The molecule has 3 aromatic rings. The number of nitrogens with zero attached hydrogens (tertiary/aromatic N) is 3. The van der Waals surface area contributed by atoms with E-state index in [0.717, 1.165) is 25.1 Å². The average Bonchev–Trinajstić information content (AvgIpc) is 2.74. The molecule has 1 heterocycles. The summed E-state index contributed by atoms with van der Waals surface area (Å²) in [7, 11) is 1.95. The summed E-state index contributed by atoms with van der Waals surface area (Å²) in [4.78, 5) is 23.0.